The van der Waals surface area contributed by atoms with Crippen LogP contribution in [0.15, 0.2) is 65.1 Å². The molecule has 36 heavy (non-hydrogen) atoms. The number of nitrogens with one attached hydrogen (secondary N) is 1. The van der Waals surface area contributed by atoms with Gasteiger partial charge in [0, 0.05) is 38.7 Å². The normalized spacial score (nSPS) is 17.3. The maximum Gasteiger partial charge on any atom is 0.228 e. The zero-order valence-corrected chi connectivity index (χ0v) is 20.8. The highest BCUT2D eigenvalue weighted by molar-refractivity contribution is 5.80. The fourth-order valence-electron chi connectivity index (χ4n) is 4.54. The van der Waals surface area contributed by atoms with Crippen LogP contribution in [0.5, 0.6) is 0 Å². The van der Waals surface area contributed by atoms with Crippen molar-refractivity contribution in [2.24, 2.45) is 0 Å². The molecule has 2 heterocycles. The van der Waals surface area contributed by atoms with Crippen molar-refractivity contribution >= 4 is 17.7 Å². The van der Waals surface area contributed by atoms with Crippen LogP contribution in [0.1, 0.15) is 42.8 Å². The first kappa shape index (κ1) is 25.2. The fourth-order valence-corrected chi connectivity index (χ4v) is 4.54. The van der Waals surface area contributed by atoms with Gasteiger partial charge in [0.15, 0.2) is 0 Å². The fraction of sp³-hybridized carbons (Fsp3) is 0.357. The summed E-state index contributed by atoms with van der Waals surface area (Å²) in [5.41, 5.74) is 2.38. The van der Waals surface area contributed by atoms with Crippen LogP contribution in [0, 0.1) is 6.92 Å². The summed E-state index contributed by atoms with van der Waals surface area (Å²) in [7, 11) is 0. The number of benzene rings is 2. The molecule has 1 aliphatic rings. The Kier molecular flexibility index (Phi) is 8.15. The van der Waals surface area contributed by atoms with Crippen molar-refractivity contribution in [3.63, 3.8) is 0 Å². The lowest BCUT2D eigenvalue weighted by Crippen LogP contribution is -2.40. The largest absolute Gasteiger partial charge is 0.441 e. The molecule has 0 spiro atoms. The van der Waals surface area contributed by atoms with Crippen molar-refractivity contribution in [1.82, 2.24) is 20.1 Å². The number of amides is 3. The van der Waals surface area contributed by atoms with Gasteiger partial charge in [-0.05, 0) is 31.0 Å². The number of nitrogens with zero attached hydrogens (tertiary/aromatic N) is 3. The number of aryl methyl sites for hydroxylation is 1. The highest BCUT2D eigenvalue weighted by atomic mass is 16.4. The van der Waals surface area contributed by atoms with E-state index in [0.717, 1.165) is 11.1 Å². The Balaban J connectivity index is 1.47. The van der Waals surface area contributed by atoms with Crippen molar-refractivity contribution in [3.8, 4) is 11.5 Å². The average Bonchev–Trinajstić information content (AvgIpc) is 3.23. The second-order valence-electron chi connectivity index (χ2n) is 8.99. The molecule has 188 valence electrons. The van der Waals surface area contributed by atoms with E-state index in [2.05, 4.69) is 10.3 Å². The van der Waals surface area contributed by atoms with Gasteiger partial charge in [-0.3, -0.25) is 14.4 Å². The Hall–Kier alpha value is -3.94. The zero-order chi connectivity index (χ0) is 25.5. The first-order valence-electron chi connectivity index (χ1n) is 12.3. The van der Waals surface area contributed by atoms with Crippen LogP contribution in [0.2, 0.25) is 0 Å². The summed E-state index contributed by atoms with van der Waals surface area (Å²) in [5.74, 6) is 0.768. The molecule has 1 fully saturated rings. The van der Waals surface area contributed by atoms with E-state index in [1.165, 1.54) is 6.92 Å². The number of carbonyl (C=O) groups is 3. The van der Waals surface area contributed by atoms with Gasteiger partial charge in [0.25, 0.3) is 0 Å². The van der Waals surface area contributed by atoms with E-state index in [4.69, 9.17) is 4.42 Å². The topological polar surface area (TPSA) is 95.8 Å². The molecular weight excluding hydrogens is 456 g/mol. The Labute approximate surface area is 211 Å². The van der Waals surface area contributed by atoms with Crippen molar-refractivity contribution in [1.29, 1.82) is 0 Å². The third-order valence-electron chi connectivity index (χ3n) is 6.46. The minimum Gasteiger partial charge on any atom is -0.441 e. The molecule has 1 unspecified atom stereocenters. The van der Waals surface area contributed by atoms with E-state index < -0.39 is 0 Å². The maximum atomic E-state index is 13.2. The zero-order valence-electron chi connectivity index (χ0n) is 20.8. The number of hydrogen-bond donors (Lipinski definition) is 1. The van der Waals surface area contributed by atoms with Crippen molar-refractivity contribution < 1.29 is 18.8 Å². The van der Waals surface area contributed by atoms with E-state index in [9.17, 15) is 14.4 Å². The second-order valence-corrected chi connectivity index (χ2v) is 8.99. The van der Waals surface area contributed by atoms with Gasteiger partial charge >= 0.3 is 0 Å². The standard InChI is InChI=1S/C28H32N4O4/c1-20-24(30-28(36-20)23-12-7-4-8-13-23)18-27(35)31-15-9-16-32(21(2)33)25(19-26(34)29-14-17-31)22-10-5-3-6-11-22/h3-8,10-13,25H,9,14-19H2,1-2H3,(H,29,34). The molecule has 0 saturated carbocycles. The number of hydrogen-bond acceptors (Lipinski definition) is 5. The Bertz CT molecular complexity index is 1190. The van der Waals surface area contributed by atoms with Gasteiger partial charge in [0.1, 0.15) is 5.76 Å². The molecule has 1 atom stereocenters. The molecule has 1 aromatic heterocycles. The minimum atomic E-state index is -0.347. The molecular formula is C28H32N4O4. The molecule has 0 bridgehead atoms. The third-order valence-corrected chi connectivity index (χ3v) is 6.46. The lowest BCUT2D eigenvalue weighted by molar-refractivity contribution is -0.132. The Morgan fingerprint density at radius 3 is 2.42 bits per heavy atom. The van der Waals surface area contributed by atoms with E-state index in [1.807, 2.05) is 67.6 Å². The summed E-state index contributed by atoms with van der Waals surface area (Å²) in [5, 5.41) is 2.92. The molecule has 0 radical (unpaired) electrons. The molecule has 2 aromatic carbocycles. The molecule has 8 nitrogen and oxygen atoms in total. The maximum absolute atomic E-state index is 13.2. The van der Waals surface area contributed by atoms with Gasteiger partial charge in [-0.2, -0.15) is 0 Å². The summed E-state index contributed by atoms with van der Waals surface area (Å²) in [6.07, 6.45) is 0.896. The quantitative estimate of drug-likeness (QED) is 0.606. The molecule has 4 rings (SSSR count). The predicted molar refractivity (Wildman–Crippen MR) is 136 cm³/mol. The van der Waals surface area contributed by atoms with Crippen LogP contribution in [0.3, 0.4) is 0 Å². The van der Waals surface area contributed by atoms with E-state index >= 15 is 0 Å². The van der Waals surface area contributed by atoms with E-state index in [0.29, 0.717) is 49.9 Å². The summed E-state index contributed by atoms with van der Waals surface area (Å²) in [6, 6.07) is 18.8. The predicted octanol–water partition coefficient (Wildman–Crippen LogP) is 3.52. The van der Waals surface area contributed by atoms with Crippen molar-refractivity contribution in [2.75, 3.05) is 26.2 Å². The van der Waals surface area contributed by atoms with Crippen LogP contribution >= 0.6 is 0 Å². The van der Waals surface area contributed by atoms with Gasteiger partial charge in [-0.25, -0.2) is 4.98 Å². The van der Waals surface area contributed by atoms with Gasteiger partial charge in [-0.1, -0.05) is 48.5 Å². The summed E-state index contributed by atoms with van der Waals surface area (Å²) in [6.45, 7) is 5.00. The minimum absolute atomic E-state index is 0.0894. The molecule has 1 N–H and O–H groups in total. The molecule has 3 amide bonds. The smallest absolute Gasteiger partial charge is 0.228 e. The number of aromatic nitrogens is 1. The van der Waals surface area contributed by atoms with Crippen LogP contribution < -0.4 is 5.32 Å². The molecule has 1 saturated heterocycles. The second kappa shape index (κ2) is 11.7. The first-order chi connectivity index (χ1) is 17.4. The van der Waals surface area contributed by atoms with Crippen LogP contribution in [0.4, 0.5) is 0 Å². The van der Waals surface area contributed by atoms with Crippen molar-refractivity contribution in [3.05, 3.63) is 77.7 Å². The van der Waals surface area contributed by atoms with Crippen molar-refractivity contribution in [2.45, 2.75) is 39.2 Å². The van der Waals surface area contributed by atoms with Gasteiger partial charge < -0.3 is 19.5 Å². The van der Waals surface area contributed by atoms with Gasteiger partial charge in [0.2, 0.25) is 23.6 Å². The SMILES string of the molecule is CC(=O)N1CCCN(C(=O)Cc2nc(-c3ccccc3)oc2C)CCNC(=O)CC1c1ccccc1. The average molecular weight is 489 g/mol. The molecule has 3 aromatic rings. The molecule has 0 aliphatic carbocycles. The number of oxazole rings is 1. The highest BCUT2D eigenvalue weighted by Crippen LogP contribution is 2.26. The number of rotatable bonds is 4. The number of carbonyl (C=O) groups excluding carboxylic acids is 3. The van der Waals surface area contributed by atoms with Crippen LogP contribution in [-0.4, -0.2) is 58.7 Å². The van der Waals surface area contributed by atoms with E-state index in [-0.39, 0.29) is 36.6 Å². The summed E-state index contributed by atoms with van der Waals surface area (Å²) in [4.78, 5) is 46.6. The van der Waals surface area contributed by atoms with Crippen LogP contribution in [-0.2, 0) is 20.8 Å². The monoisotopic (exact) mass is 488 g/mol. The Morgan fingerprint density at radius 1 is 1.03 bits per heavy atom. The lowest BCUT2D eigenvalue weighted by atomic mass is 10.0. The third kappa shape index (κ3) is 6.19. The Morgan fingerprint density at radius 2 is 1.72 bits per heavy atom. The molecule has 1 aliphatic heterocycles. The van der Waals surface area contributed by atoms with Gasteiger partial charge in [0.05, 0.1) is 24.6 Å². The molecule has 8 heteroatoms. The highest BCUT2D eigenvalue weighted by Gasteiger charge is 2.27. The van der Waals surface area contributed by atoms with Gasteiger partial charge in [-0.15, -0.1) is 0 Å². The lowest BCUT2D eigenvalue weighted by Gasteiger charge is -2.31. The summed E-state index contributed by atoms with van der Waals surface area (Å²) < 4.78 is 5.81. The van der Waals surface area contributed by atoms with Crippen LogP contribution in [0.25, 0.3) is 11.5 Å². The summed E-state index contributed by atoms with van der Waals surface area (Å²) >= 11 is 0. The first-order valence-corrected chi connectivity index (χ1v) is 12.3. The van der Waals surface area contributed by atoms with E-state index in [1.54, 1.807) is 9.80 Å².